The van der Waals surface area contributed by atoms with E-state index in [-0.39, 0.29) is 451 Å². The van der Waals surface area contributed by atoms with Crippen LogP contribution in [0.4, 0.5) is 0 Å². The molecule has 4 N–H and O–H groups in total. The number of hydrogen-bond donors (Lipinski definition) is 4. The van der Waals surface area contributed by atoms with Crippen LogP contribution in [-0.4, -0.2) is 565 Å². The summed E-state index contributed by atoms with van der Waals surface area (Å²) in [5.74, 6) is 0. The van der Waals surface area contributed by atoms with Crippen molar-refractivity contribution in [3.63, 3.8) is 0 Å². The van der Waals surface area contributed by atoms with Crippen molar-refractivity contribution in [2.45, 2.75) is 6.92 Å². The van der Waals surface area contributed by atoms with Crippen LogP contribution in [0.1, 0.15) is 5.56 Å². The molecule has 0 aromatic heterocycles. The maximum absolute atomic E-state index is 5.73. The Morgan fingerprint density at radius 2 is 0.351 bits per heavy atom. The van der Waals surface area contributed by atoms with E-state index in [1.165, 1.54) is 25.2 Å². The van der Waals surface area contributed by atoms with Gasteiger partial charge in [0.1, 0.15) is 78.5 Å². The average molecular weight is 3520 g/mol. The summed E-state index contributed by atoms with van der Waals surface area (Å²) >= 11 is 0. The second-order valence-corrected chi connectivity index (χ2v) is 15.0. The number of benzene rings is 1. The summed E-state index contributed by atoms with van der Waals surface area (Å²) in [7, 11) is 0. The molecule has 4 bridgehead atoms. The van der Waals surface area contributed by atoms with E-state index in [1.807, 2.05) is 18.2 Å². The van der Waals surface area contributed by atoms with Crippen LogP contribution in [0.5, 0.6) is 0 Å². The predicted octanol–water partition coefficient (Wildman–Crippen LogP) is -14.8. The first-order valence-corrected chi connectivity index (χ1v) is 22.6. The monoisotopic (exact) mass is 3530 g/mol. The molecule has 48 radical (unpaired) electrons. The molecular weight excluding hydrogens is 3440 g/mol. The molecule has 6 saturated heterocycles. The molecule has 6 heterocycles. The number of ether oxygens (including phenoxy) is 12. The topological polar surface area (TPSA) is 129 Å². The Hall–Kier alpha value is 13.6. The van der Waals surface area contributed by atoms with Crippen molar-refractivity contribution >= 4 is 328 Å². The van der Waals surface area contributed by atoms with E-state index in [0.29, 0.717) is 79.3 Å². The summed E-state index contributed by atoms with van der Waals surface area (Å²) < 4.78 is 68.7. The molecule has 6 aliphatic rings. The Kier molecular flexibility index (Phi) is 152. The van der Waals surface area contributed by atoms with E-state index >= 15 is 0 Å². The molecule has 74 heavy (non-hydrogen) atoms. The van der Waals surface area contributed by atoms with Crippen LogP contribution in [0.25, 0.3) is 0 Å². The summed E-state index contributed by atoms with van der Waals surface area (Å²) in [4.78, 5) is 5.76. The minimum atomic E-state index is 0. The summed E-state index contributed by atoms with van der Waals surface area (Å²) in [5.41, 5.74) is 1.32. The van der Waals surface area contributed by atoms with Gasteiger partial charge in [-0.3, -0.25) is 0 Å². The Labute approximate surface area is 788 Å². The van der Waals surface area contributed by atoms with Crippen molar-refractivity contribution < 1.29 is 200 Å². The largest absolute Gasteiger partial charge is 1.00 e. The molecule has 0 unspecified atom stereocenters. The normalized spacial score (nSPS) is 22.2. The van der Waals surface area contributed by atoms with Gasteiger partial charge in [-0.1, -0.05) is 35.9 Å². The number of aryl methyl sites for hydroxylation is 1. The van der Waals surface area contributed by atoms with Crippen LogP contribution in [0.15, 0.2) is 30.3 Å². The SMILES string of the molecule is C1COCC[NH+]2CCOCCOCC[NH+](CCO1)CCOCCOCC2.C1COCC[NH+]2CCOCCOCC[NH+](CCO1)CCOCCOCC2.Cc1ccccc1.[K+].[K+].[Pb].[Pb].[Pb].[Pb].[Pb].[Pb].[Pb].[Pb].[Pb].[Pb].[Pb].[Pb].[Pd]. The first kappa shape index (κ1) is 118. The van der Waals surface area contributed by atoms with Crippen molar-refractivity contribution in [3.8, 4) is 0 Å². The number of hydrogen-bond acceptors (Lipinski definition) is 12. The zero-order valence-corrected chi connectivity index (χ0v) is 99.5. The van der Waals surface area contributed by atoms with Gasteiger partial charge in [0, 0.05) is 348 Å². The molecule has 0 saturated carbocycles. The Bertz CT molecular complexity index is 879. The first-order chi connectivity index (χ1) is 29.3. The third kappa shape index (κ3) is 79.8. The molecular formula is C43H84K2N4O12Pb12Pd+6. The van der Waals surface area contributed by atoms with Crippen molar-refractivity contribution in [1.29, 1.82) is 0 Å². The van der Waals surface area contributed by atoms with Crippen LogP contribution < -0.4 is 122 Å². The van der Waals surface area contributed by atoms with Gasteiger partial charge >= 0.3 is 103 Å². The predicted molar refractivity (Wildman–Crippen MR) is 292 cm³/mol. The molecule has 31 heteroatoms. The second kappa shape index (κ2) is 95.3. The molecule has 0 spiro atoms. The van der Waals surface area contributed by atoms with Crippen molar-refractivity contribution in [2.24, 2.45) is 0 Å². The minimum absolute atomic E-state index is 0. The third-order valence-corrected chi connectivity index (χ3v) is 10.4. The van der Waals surface area contributed by atoms with Crippen LogP contribution in [0.3, 0.4) is 0 Å². The van der Waals surface area contributed by atoms with Crippen molar-refractivity contribution in [3.05, 3.63) is 35.9 Å². The fourth-order valence-corrected chi connectivity index (χ4v) is 6.56. The maximum Gasteiger partial charge on any atom is 1.00 e. The molecule has 6 fully saturated rings. The molecule has 0 aliphatic carbocycles. The van der Waals surface area contributed by atoms with Crippen LogP contribution in [-0.2, 0) is 77.3 Å². The van der Waals surface area contributed by atoms with Crippen LogP contribution >= 0.6 is 0 Å². The van der Waals surface area contributed by atoms with Crippen LogP contribution in [0, 0.1) is 6.92 Å². The number of quaternary nitrogens is 4. The molecule has 0 atom stereocenters. The quantitative estimate of drug-likeness (QED) is 0.185. The number of fused-ring (bicyclic) bond motifs is 42. The minimum Gasteiger partial charge on any atom is -0.373 e. The Morgan fingerprint density at radius 1 is 0.230 bits per heavy atom. The fourth-order valence-electron chi connectivity index (χ4n) is 6.56. The van der Waals surface area contributed by atoms with E-state index in [2.05, 4.69) is 19.1 Å². The zero-order chi connectivity index (χ0) is 41.4. The fraction of sp³-hybridized carbons (Fsp3) is 0.860. The Morgan fingerprint density at radius 3 is 0.446 bits per heavy atom. The summed E-state index contributed by atoms with van der Waals surface area (Å²) in [6.07, 6.45) is 0. The number of nitrogens with one attached hydrogen (secondary N) is 4. The van der Waals surface area contributed by atoms with Crippen LogP contribution in [0.2, 0.25) is 0 Å². The van der Waals surface area contributed by atoms with E-state index in [9.17, 15) is 0 Å². The van der Waals surface area contributed by atoms with E-state index in [4.69, 9.17) is 56.8 Å². The van der Waals surface area contributed by atoms with Crippen molar-refractivity contribution in [2.75, 3.05) is 237 Å². The van der Waals surface area contributed by atoms with Gasteiger partial charge in [0.05, 0.1) is 159 Å². The van der Waals surface area contributed by atoms with Gasteiger partial charge in [-0.2, -0.15) is 0 Å². The van der Waals surface area contributed by atoms with Gasteiger partial charge < -0.3 is 76.4 Å². The first-order valence-electron chi connectivity index (χ1n) is 22.6. The summed E-state index contributed by atoms with van der Waals surface area (Å²) in [6, 6.07) is 10.3. The summed E-state index contributed by atoms with van der Waals surface area (Å²) in [5, 5.41) is 0. The van der Waals surface area contributed by atoms with Gasteiger partial charge in [-0.15, -0.1) is 0 Å². The third-order valence-electron chi connectivity index (χ3n) is 10.4. The second-order valence-electron chi connectivity index (χ2n) is 15.0. The van der Waals surface area contributed by atoms with Gasteiger partial charge in [-0.25, -0.2) is 0 Å². The van der Waals surface area contributed by atoms with E-state index in [0.717, 1.165) is 158 Å². The smallest absolute Gasteiger partial charge is 0.373 e. The van der Waals surface area contributed by atoms with Gasteiger partial charge in [-0.05, 0) is 6.92 Å². The summed E-state index contributed by atoms with van der Waals surface area (Å²) in [6.45, 7) is 30.3. The zero-order valence-electron chi connectivity index (χ0n) is 45.1. The molecule has 7 rings (SSSR count). The molecule has 1 aromatic rings. The number of rotatable bonds is 0. The molecule has 6 aliphatic heterocycles. The van der Waals surface area contributed by atoms with Gasteiger partial charge in [0.2, 0.25) is 0 Å². The molecule has 402 valence electrons. The molecule has 16 nitrogen and oxygen atoms in total. The van der Waals surface area contributed by atoms with Gasteiger partial charge in [0.25, 0.3) is 0 Å². The maximum atomic E-state index is 5.73. The van der Waals surface area contributed by atoms with E-state index < -0.39 is 0 Å². The van der Waals surface area contributed by atoms with Crippen molar-refractivity contribution in [1.82, 2.24) is 0 Å². The Balaban J connectivity index is -0.0000000682. The average Bonchev–Trinajstić information content (AvgIpc) is 3.24. The van der Waals surface area contributed by atoms with Gasteiger partial charge in [0.15, 0.2) is 0 Å². The molecule has 1 aromatic carbocycles. The molecule has 0 amide bonds. The van der Waals surface area contributed by atoms with E-state index in [1.54, 1.807) is 0 Å². The standard InChI is InChI=1S/2C18H36N2O6.C7H8.2K.12Pb.Pd/c2*1-7-21-13-14-24-10-4-20-5-11-25-17-15-22-8-2-19(1)3-9-23-16-18-26-12-6-20;1-7-5-3-2-4-6-7;;;;;;;;;;;;;;;/h2*1-18H2;2-6H,1H3;;;;;;;;;;;;;;;/q;;;2*+1;;;;;;;;;;;;;/p+4.